The van der Waals surface area contributed by atoms with E-state index in [2.05, 4.69) is 44.7 Å². The van der Waals surface area contributed by atoms with Crippen LogP contribution in [0.4, 0.5) is 16.2 Å². The highest BCUT2D eigenvalue weighted by Gasteiger charge is 2.28. The molecule has 0 spiro atoms. The van der Waals surface area contributed by atoms with Crippen LogP contribution in [0, 0.1) is 17.7 Å². The van der Waals surface area contributed by atoms with Crippen LogP contribution in [0.5, 0.6) is 0 Å². The molecule has 2 aromatic rings. The molecule has 9 heteroatoms. The Morgan fingerprint density at radius 2 is 2.22 bits per heavy atom. The van der Waals surface area contributed by atoms with Crippen molar-refractivity contribution in [2.75, 3.05) is 36.9 Å². The lowest BCUT2D eigenvalue weighted by molar-refractivity contribution is -0.120. The van der Waals surface area contributed by atoms with Crippen LogP contribution >= 0.6 is 0 Å². The van der Waals surface area contributed by atoms with E-state index in [9.17, 15) is 9.18 Å². The largest absolute Gasteiger partial charge is 0.376 e. The minimum Gasteiger partial charge on any atom is -0.376 e. The first-order valence-electron chi connectivity index (χ1n) is 11.3. The number of aromatic nitrogens is 3. The van der Waals surface area contributed by atoms with Gasteiger partial charge < -0.3 is 20.7 Å². The van der Waals surface area contributed by atoms with Crippen LogP contribution in [-0.2, 0) is 9.53 Å². The van der Waals surface area contributed by atoms with Crippen molar-refractivity contribution in [3.63, 3.8) is 0 Å². The molecule has 2 aliphatic rings. The number of carbonyl (C=O) groups is 1. The minimum atomic E-state index is -0.502. The van der Waals surface area contributed by atoms with Gasteiger partial charge in [0.2, 0.25) is 11.9 Å². The highest BCUT2D eigenvalue weighted by atomic mass is 19.1. The van der Waals surface area contributed by atoms with Gasteiger partial charge in [-0.05, 0) is 64.1 Å². The Morgan fingerprint density at radius 3 is 3.00 bits per heavy atom. The van der Waals surface area contributed by atoms with E-state index in [1.807, 2.05) is 0 Å². The van der Waals surface area contributed by atoms with Crippen molar-refractivity contribution in [2.45, 2.75) is 45.1 Å². The van der Waals surface area contributed by atoms with E-state index in [4.69, 9.17) is 4.74 Å². The van der Waals surface area contributed by atoms with Gasteiger partial charge in [-0.15, -0.1) is 0 Å². The van der Waals surface area contributed by atoms with Crippen molar-refractivity contribution in [1.82, 2.24) is 20.3 Å². The van der Waals surface area contributed by atoms with Gasteiger partial charge in [0.05, 0.1) is 23.4 Å². The maximum atomic E-state index is 14.6. The SMILES string of the molecule is CC1(C)CC(CNc2nccc(-c3cc(NC(=O)[C@@H]4CCCNC4)ncc3F)n2)CCO1. The average molecular weight is 443 g/mol. The average Bonchev–Trinajstić information content (AvgIpc) is 2.79. The van der Waals surface area contributed by atoms with Gasteiger partial charge >= 0.3 is 0 Å². The molecule has 0 saturated carbocycles. The summed E-state index contributed by atoms with van der Waals surface area (Å²) in [6.45, 7) is 7.25. The van der Waals surface area contributed by atoms with Crippen LogP contribution in [0.1, 0.15) is 39.5 Å². The molecule has 0 aliphatic carbocycles. The number of carbonyl (C=O) groups excluding carboxylic acids is 1. The van der Waals surface area contributed by atoms with E-state index in [1.165, 1.54) is 6.07 Å². The molecular formula is C23H31FN6O2. The first kappa shape index (κ1) is 22.5. The molecule has 3 N–H and O–H groups in total. The Balaban J connectivity index is 1.43. The Labute approximate surface area is 187 Å². The number of nitrogens with zero attached hydrogens (tertiary/aromatic N) is 3. The van der Waals surface area contributed by atoms with Gasteiger partial charge in [0.15, 0.2) is 5.82 Å². The van der Waals surface area contributed by atoms with Crippen molar-refractivity contribution in [1.29, 1.82) is 0 Å². The second-order valence-electron chi connectivity index (χ2n) is 9.20. The molecule has 2 saturated heterocycles. The molecule has 8 nitrogen and oxygen atoms in total. The van der Waals surface area contributed by atoms with Gasteiger partial charge in [-0.2, -0.15) is 0 Å². The number of nitrogens with one attached hydrogen (secondary N) is 3. The third kappa shape index (κ3) is 5.77. The predicted octanol–water partition coefficient (Wildman–Crippen LogP) is 3.23. The van der Waals surface area contributed by atoms with Gasteiger partial charge in [-0.25, -0.2) is 19.3 Å². The molecule has 2 aliphatic heterocycles. The van der Waals surface area contributed by atoms with E-state index < -0.39 is 5.82 Å². The number of ether oxygens (including phenoxy) is 1. The fourth-order valence-electron chi connectivity index (χ4n) is 4.37. The second kappa shape index (κ2) is 9.87. The number of halogens is 1. The lowest BCUT2D eigenvalue weighted by atomic mass is 9.88. The monoisotopic (exact) mass is 442 g/mol. The van der Waals surface area contributed by atoms with Crippen LogP contribution < -0.4 is 16.0 Å². The van der Waals surface area contributed by atoms with Crippen molar-refractivity contribution in [3.05, 3.63) is 30.3 Å². The third-order valence-electron chi connectivity index (χ3n) is 6.05. The molecule has 4 heterocycles. The summed E-state index contributed by atoms with van der Waals surface area (Å²) in [7, 11) is 0. The number of amides is 1. The van der Waals surface area contributed by atoms with Crippen molar-refractivity contribution < 1.29 is 13.9 Å². The summed E-state index contributed by atoms with van der Waals surface area (Å²) in [5.74, 6) is 0.505. The van der Waals surface area contributed by atoms with Crippen LogP contribution in [0.15, 0.2) is 24.5 Å². The van der Waals surface area contributed by atoms with Crippen molar-refractivity contribution in [2.24, 2.45) is 11.8 Å². The van der Waals surface area contributed by atoms with Gasteiger partial charge in [-0.1, -0.05) is 0 Å². The Bertz CT molecular complexity index is 948. The molecule has 0 bridgehead atoms. The molecule has 32 heavy (non-hydrogen) atoms. The maximum Gasteiger partial charge on any atom is 0.229 e. The van der Waals surface area contributed by atoms with E-state index in [-0.39, 0.29) is 23.0 Å². The molecule has 172 valence electrons. The molecule has 2 fully saturated rings. The molecular weight excluding hydrogens is 411 g/mol. The zero-order valence-electron chi connectivity index (χ0n) is 18.7. The van der Waals surface area contributed by atoms with Crippen LogP contribution in [0.2, 0.25) is 0 Å². The minimum absolute atomic E-state index is 0.105. The molecule has 4 rings (SSSR count). The van der Waals surface area contributed by atoms with E-state index in [1.54, 1.807) is 12.3 Å². The quantitative estimate of drug-likeness (QED) is 0.631. The second-order valence-corrected chi connectivity index (χ2v) is 9.20. The van der Waals surface area contributed by atoms with E-state index >= 15 is 0 Å². The molecule has 0 aromatic carbocycles. The fraction of sp³-hybridized carbons (Fsp3) is 0.565. The lowest BCUT2D eigenvalue weighted by Crippen LogP contribution is -2.37. The standard InChI is InChI=1S/C23H31FN6O2/c1-23(2)11-15(6-9-32-23)12-28-22-26-8-5-19(29-22)17-10-20(27-14-18(17)24)30-21(31)16-4-3-7-25-13-16/h5,8,10,14-16,25H,3-4,6-7,9,11-13H2,1-2H3,(H,26,28,29)(H,27,30,31)/t15?,16-/m1/s1. The number of rotatable bonds is 6. The lowest BCUT2D eigenvalue weighted by Gasteiger charge is -2.35. The summed E-state index contributed by atoms with van der Waals surface area (Å²) in [6, 6.07) is 3.18. The molecule has 2 aromatic heterocycles. The Hall–Kier alpha value is -2.65. The first-order valence-corrected chi connectivity index (χ1v) is 11.3. The summed E-state index contributed by atoms with van der Waals surface area (Å²) in [4.78, 5) is 25.3. The number of pyridine rings is 1. The first-order chi connectivity index (χ1) is 15.4. The van der Waals surface area contributed by atoms with Gasteiger partial charge in [-0.3, -0.25) is 4.79 Å². The summed E-state index contributed by atoms with van der Waals surface area (Å²) in [5, 5.41) is 9.31. The molecule has 0 radical (unpaired) electrons. The van der Waals surface area contributed by atoms with Gasteiger partial charge in [0, 0.05) is 31.5 Å². The van der Waals surface area contributed by atoms with E-state index in [0.29, 0.717) is 29.9 Å². The van der Waals surface area contributed by atoms with Crippen LogP contribution in [0.25, 0.3) is 11.3 Å². The zero-order valence-corrected chi connectivity index (χ0v) is 18.7. The molecule has 1 unspecified atom stereocenters. The van der Waals surface area contributed by atoms with Crippen molar-refractivity contribution >= 4 is 17.7 Å². The highest BCUT2D eigenvalue weighted by Crippen LogP contribution is 2.29. The number of hydrogen-bond acceptors (Lipinski definition) is 7. The Kier molecular flexibility index (Phi) is 6.95. The van der Waals surface area contributed by atoms with Crippen LogP contribution in [-0.4, -0.2) is 52.7 Å². The van der Waals surface area contributed by atoms with Crippen molar-refractivity contribution in [3.8, 4) is 11.3 Å². The summed E-state index contributed by atoms with van der Waals surface area (Å²) in [5.41, 5.74) is 0.585. The fourth-order valence-corrected chi connectivity index (χ4v) is 4.37. The summed E-state index contributed by atoms with van der Waals surface area (Å²) >= 11 is 0. The van der Waals surface area contributed by atoms with Crippen LogP contribution in [0.3, 0.4) is 0 Å². The number of anilines is 2. The highest BCUT2D eigenvalue weighted by molar-refractivity contribution is 5.92. The zero-order chi connectivity index (χ0) is 22.6. The predicted molar refractivity (Wildman–Crippen MR) is 121 cm³/mol. The summed E-state index contributed by atoms with van der Waals surface area (Å²) in [6.07, 6.45) is 6.45. The number of piperidine rings is 1. The normalized spacial score (nSPS) is 22.8. The molecule has 1 amide bonds. The smallest absolute Gasteiger partial charge is 0.229 e. The summed E-state index contributed by atoms with van der Waals surface area (Å²) < 4.78 is 20.3. The number of hydrogen-bond donors (Lipinski definition) is 3. The molecule has 2 atom stereocenters. The van der Waals surface area contributed by atoms with Gasteiger partial charge in [0.1, 0.15) is 5.82 Å². The Morgan fingerprint density at radius 1 is 1.34 bits per heavy atom. The topological polar surface area (TPSA) is 101 Å². The van der Waals surface area contributed by atoms with Gasteiger partial charge in [0.25, 0.3) is 0 Å². The third-order valence-corrected chi connectivity index (χ3v) is 6.05. The van der Waals surface area contributed by atoms with E-state index in [0.717, 1.165) is 51.6 Å². The maximum absolute atomic E-state index is 14.6.